The Balaban J connectivity index is 1.65. The van der Waals surface area contributed by atoms with E-state index in [0.29, 0.717) is 11.4 Å². The summed E-state index contributed by atoms with van der Waals surface area (Å²) < 4.78 is 1.75. The number of fused-ring (bicyclic) bond motifs is 2. The van der Waals surface area contributed by atoms with Crippen molar-refractivity contribution in [3.05, 3.63) is 96.2 Å². The van der Waals surface area contributed by atoms with Crippen LogP contribution >= 0.6 is 0 Å². The summed E-state index contributed by atoms with van der Waals surface area (Å²) >= 11 is 0. The van der Waals surface area contributed by atoms with Gasteiger partial charge in [0, 0.05) is 16.8 Å². The quantitative estimate of drug-likeness (QED) is 0.443. The van der Waals surface area contributed by atoms with Gasteiger partial charge in [0.25, 0.3) is 5.91 Å². The van der Waals surface area contributed by atoms with Gasteiger partial charge in [-0.1, -0.05) is 54.6 Å². The molecule has 29 heavy (non-hydrogen) atoms. The lowest BCUT2D eigenvalue weighted by molar-refractivity contribution is 0.102. The Hall–Kier alpha value is -3.99. The summed E-state index contributed by atoms with van der Waals surface area (Å²) in [7, 11) is 0. The summed E-state index contributed by atoms with van der Waals surface area (Å²) in [6, 6.07) is 27.1. The topological polar surface area (TPSA) is 59.8 Å². The number of aryl methyl sites for hydroxylation is 1. The van der Waals surface area contributed by atoms with Crippen LogP contribution in [0.5, 0.6) is 0 Å². The maximum atomic E-state index is 13.5. The number of amides is 1. The van der Waals surface area contributed by atoms with Gasteiger partial charge >= 0.3 is 0 Å². The van der Waals surface area contributed by atoms with Crippen LogP contribution in [0.4, 0.5) is 5.82 Å². The van der Waals surface area contributed by atoms with Crippen molar-refractivity contribution in [3.63, 3.8) is 0 Å². The molecule has 0 aliphatic carbocycles. The number of aromatic nitrogens is 3. The van der Waals surface area contributed by atoms with E-state index in [9.17, 15) is 4.79 Å². The van der Waals surface area contributed by atoms with Gasteiger partial charge in [-0.15, -0.1) is 0 Å². The number of anilines is 1. The molecule has 0 radical (unpaired) electrons. The molecule has 5 aromatic rings. The van der Waals surface area contributed by atoms with Crippen LogP contribution in [0.3, 0.4) is 0 Å². The number of pyridine rings is 1. The standard InChI is InChI=1S/C24H18N4O/c1-16-15-22(28(27-16)17-9-3-2-4-10-17)26-24(29)23-18-11-5-7-13-20(18)25-21-14-8-6-12-19(21)23/h2-15H,1H3,(H,26,29). The number of para-hydroxylation sites is 3. The molecule has 3 aromatic carbocycles. The zero-order valence-corrected chi connectivity index (χ0v) is 15.8. The van der Waals surface area contributed by atoms with E-state index >= 15 is 0 Å². The molecule has 0 bridgehead atoms. The molecule has 0 saturated carbocycles. The average molecular weight is 378 g/mol. The second-order valence-corrected chi connectivity index (χ2v) is 6.89. The lowest BCUT2D eigenvalue weighted by atomic mass is 10.0. The van der Waals surface area contributed by atoms with E-state index in [1.807, 2.05) is 91.9 Å². The van der Waals surface area contributed by atoms with Gasteiger partial charge in [-0.05, 0) is 31.2 Å². The molecule has 5 rings (SSSR count). The van der Waals surface area contributed by atoms with Crippen molar-refractivity contribution < 1.29 is 4.79 Å². The zero-order chi connectivity index (χ0) is 19.8. The summed E-state index contributed by atoms with van der Waals surface area (Å²) in [5.41, 5.74) is 3.92. The highest BCUT2D eigenvalue weighted by Gasteiger charge is 2.18. The van der Waals surface area contributed by atoms with Crippen molar-refractivity contribution in [2.24, 2.45) is 0 Å². The fourth-order valence-electron chi connectivity index (χ4n) is 3.62. The van der Waals surface area contributed by atoms with E-state index in [4.69, 9.17) is 4.98 Å². The molecule has 0 fully saturated rings. The van der Waals surface area contributed by atoms with Crippen LogP contribution in [0.2, 0.25) is 0 Å². The largest absolute Gasteiger partial charge is 0.306 e. The van der Waals surface area contributed by atoms with Crippen molar-refractivity contribution in [3.8, 4) is 5.69 Å². The van der Waals surface area contributed by atoms with Gasteiger partial charge in [-0.3, -0.25) is 4.79 Å². The van der Waals surface area contributed by atoms with Crippen LogP contribution in [0.25, 0.3) is 27.5 Å². The molecule has 1 amide bonds. The SMILES string of the molecule is Cc1cc(NC(=O)c2c3ccccc3nc3ccccc23)n(-c2ccccc2)n1. The van der Waals surface area contributed by atoms with Gasteiger partial charge in [-0.25, -0.2) is 9.67 Å². The van der Waals surface area contributed by atoms with Crippen molar-refractivity contribution >= 4 is 33.5 Å². The minimum Gasteiger partial charge on any atom is -0.306 e. The van der Waals surface area contributed by atoms with Crippen molar-refractivity contribution in [1.82, 2.24) is 14.8 Å². The molecule has 0 aliphatic rings. The lowest BCUT2D eigenvalue weighted by Crippen LogP contribution is -2.16. The molecule has 5 heteroatoms. The normalized spacial score (nSPS) is 11.1. The molecule has 2 aromatic heterocycles. The van der Waals surface area contributed by atoms with Crippen LogP contribution in [0.15, 0.2) is 84.9 Å². The number of carbonyl (C=O) groups is 1. The van der Waals surface area contributed by atoms with Gasteiger partial charge in [0.2, 0.25) is 0 Å². The third kappa shape index (κ3) is 3.02. The van der Waals surface area contributed by atoms with Gasteiger partial charge in [-0.2, -0.15) is 5.10 Å². The average Bonchev–Trinajstić information content (AvgIpc) is 3.12. The van der Waals surface area contributed by atoms with Crippen molar-refractivity contribution in [1.29, 1.82) is 0 Å². The highest BCUT2D eigenvalue weighted by molar-refractivity contribution is 6.20. The second-order valence-electron chi connectivity index (χ2n) is 6.89. The lowest BCUT2D eigenvalue weighted by Gasteiger charge is -2.12. The number of rotatable bonds is 3. The first-order valence-corrected chi connectivity index (χ1v) is 9.41. The Morgan fingerprint density at radius 2 is 1.41 bits per heavy atom. The first kappa shape index (κ1) is 17.1. The maximum Gasteiger partial charge on any atom is 0.258 e. The van der Waals surface area contributed by atoms with Crippen LogP contribution in [0.1, 0.15) is 16.1 Å². The third-order valence-corrected chi connectivity index (χ3v) is 4.89. The molecule has 0 saturated heterocycles. The van der Waals surface area contributed by atoms with Crippen molar-refractivity contribution in [2.45, 2.75) is 6.92 Å². The van der Waals surface area contributed by atoms with E-state index in [1.54, 1.807) is 4.68 Å². The minimum atomic E-state index is -0.183. The first-order chi connectivity index (χ1) is 14.2. The van der Waals surface area contributed by atoms with Gasteiger partial charge < -0.3 is 5.32 Å². The van der Waals surface area contributed by atoms with E-state index in [1.165, 1.54) is 0 Å². The highest BCUT2D eigenvalue weighted by atomic mass is 16.1. The molecule has 140 valence electrons. The number of nitrogens with zero attached hydrogens (tertiary/aromatic N) is 3. The summed E-state index contributed by atoms with van der Waals surface area (Å²) in [6.45, 7) is 1.91. The Labute approximate surface area is 167 Å². The summed E-state index contributed by atoms with van der Waals surface area (Å²) in [6.07, 6.45) is 0. The molecular formula is C24H18N4O. The second kappa shape index (κ2) is 6.87. The number of nitrogens with one attached hydrogen (secondary N) is 1. The van der Waals surface area contributed by atoms with Crippen LogP contribution < -0.4 is 5.32 Å². The molecule has 5 nitrogen and oxygen atoms in total. The van der Waals surface area contributed by atoms with Gasteiger partial charge in [0.15, 0.2) is 0 Å². The van der Waals surface area contributed by atoms with Crippen molar-refractivity contribution in [2.75, 3.05) is 5.32 Å². The first-order valence-electron chi connectivity index (χ1n) is 9.41. The van der Waals surface area contributed by atoms with E-state index in [2.05, 4.69) is 10.4 Å². The maximum absolute atomic E-state index is 13.5. The Bertz CT molecular complexity index is 1300. The predicted octanol–water partition coefficient (Wildman–Crippen LogP) is 5.13. The van der Waals surface area contributed by atoms with E-state index in [0.717, 1.165) is 33.2 Å². The van der Waals surface area contributed by atoms with Gasteiger partial charge in [0.1, 0.15) is 5.82 Å². The number of carbonyl (C=O) groups excluding carboxylic acids is 1. The molecular weight excluding hydrogens is 360 g/mol. The number of benzene rings is 3. The summed E-state index contributed by atoms with van der Waals surface area (Å²) in [5, 5.41) is 9.26. The third-order valence-electron chi connectivity index (χ3n) is 4.89. The minimum absolute atomic E-state index is 0.183. The molecule has 0 atom stereocenters. The van der Waals surface area contributed by atoms with E-state index < -0.39 is 0 Å². The fourth-order valence-corrected chi connectivity index (χ4v) is 3.62. The number of hydrogen-bond acceptors (Lipinski definition) is 3. The Morgan fingerprint density at radius 1 is 0.828 bits per heavy atom. The van der Waals surface area contributed by atoms with E-state index in [-0.39, 0.29) is 5.91 Å². The molecule has 0 spiro atoms. The van der Waals surface area contributed by atoms with Crippen LogP contribution in [-0.2, 0) is 0 Å². The summed E-state index contributed by atoms with van der Waals surface area (Å²) in [5.74, 6) is 0.445. The monoisotopic (exact) mass is 378 g/mol. The predicted molar refractivity (Wildman–Crippen MR) is 116 cm³/mol. The molecule has 1 N–H and O–H groups in total. The molecule has 2 heterocycles. The smallest absolute Gasteiger partial charge is 0.258 e. The summed E-state index contributed by atoms with van der Waals surface area (Å²) in [4.78, 5) is 18.2. The number of hydrogen-bond donors (Lipinski definition) is 1. The molecule has 0 unspecified atom stereocenters. The highest BCUT2D eigenvalue weighted by Crippen LogP contribution is 2.27. The Kier molecular flexibility index (Phi) is 4.06. The van der Waals surface area contributed by atoms with Crippen LogP contribution in [-0.4, -0.2) is 20.7 Å². The Morgan fingerprint density at radius 3 is 2.07 bits per heavy atom. The fraction of sp³-hybridized carbons (Fsp3) is 0.0417. The zero-order valence-electron chi connectivity index (χ0n) is 15.8. The van der Waals surface area contributed by atoms with Gasteiger partial charge in [0.05, 0.1) is 28.0 Å². The van der Waals surface area contributed by atoms with Crippen LogP contribution in [0, 0.1) is 6.92 Å². The molecule has 0 aliphatic heterocycles.